The summed E-state index contributed by atoms with van der Waals surface area (Å²) in [5, 5.41) is 0.311. The highest BCUT2D eigenvalue weighted by Gasteiger charge is 2.43. The minimum atomic E-state index is -0.340. The van der Waals surface area contributed by atoms with Gasteiger partial charge < -0.3 is 30.4 Å². The maximum absolute atomic E-state index is 6.88. The van der Waals surface area contributed by atoms with Crippen LogP contribution >= 0.6 is 12.6 Å². The zero-order chi connectivity index (χ0) is 34.5. The van der Waals surface area contributed by atoms with Crippen LogP contribution in [0.15, 0.2) is 0 Å². The second kappa shape index (κ2) is 19.2. The summed E-state index contributed by atoms with van der Waals surface area (Å²) >= 11 is 4.97. The van der Waals surface area contributed by atoms with E-state index in [2.05, 4.69) is 97.9 Å². The topological polar surface area (TPSA) is 89.0 Å². The van der Waals surface area contributed by atoms with E-state index in [1.807, 2.05) is 0 Å². The zero-order valence-corrected chi connectivity index (χ0v) is 32.8. The Morgan fingerprint density at radius 3 is 1.75 bits per heavy atom. The minimum Gasteiger partial charge on any atom is -0.380 e. The molecule has 0 rings (SSSR count). The van der Waals surface area contributed by atoms with Gasteiger partial charge in [-0.25, -0.2) is 0 Å². The molecular weight excluding hydrogens is 567 g/mol. The summed E-state index contributed by atoms with van der Waals surface area (Å²) in [6, 6.07) is 0. The Labute approximate surface area is 281 Å². The van der Waals surface area contributed by atoms with E-state index < -0.39 is 0 Å². The Kier molecular flexibility index (Phi) is 19.3. The first kappa shape index (κ1) is 44.2. The lowest BCUT2D eigenvalue weighted by atomic mass is 9.71. The first-order valence-corrected chi connectivity index (χ1v) is 18.2. The van der Waals surface area contributed by atoms with Crippen LogP contribution in [0.4, 0.5) is 0 Å². The van der Waals surface area contributed by atoms with Crippen molar-refractivity contribution in [2.75, 3.05) is 33.0 Å². The number of hydrogen-bond donors (Lipinski definition) is 3. The molecule has 6 nitrogen and oxygen atoms in total. The Bertz CT molecular complexity index is 768. The fourth-order valence-electron chi connectivity index (χ4n) is 6.19. The highest BCUT2D eigenvalue weighted by atomic mass is 32.1. The summed E-state index contributed by atoms with van der Waals surface area (Å²) in [7, 11) is 2.05. The van der Waals surface area contributed by atoms with Gasteiger partial charge in [0, 0.05) is 36.0 Å². The van der Waals surface area contributed by atoms with E-state index in [9.17, 15) is 0 Å². The van der Waals surface area contributed by atoms with E-state index in [0.717, 1.165) is 64.4 Å². The van der Waals surface area contributed by atoms with Crippen molar-refractivity contribution >= 4 is 20.5 Å². The van der Waals surface area contributed by atoms with Gasteiger partial charge in [-0.05, 0) is 123 Å². The number of rotatable bonds is 26. The SMILES string of the molecule is BC(C)(N)CCOC(C)(C)CC(CC)(COCC(CC)(CC(S)CC)CC(C)(C)OCCC(C)(C)N)C(C)OCCC(C)C. The largest absolute Gasteiger partial charge is 0.380 e. The second-order valence-electron chi connectivity index (χ2n) is 17.1. The molecular formula is C36H77BN2O4S. The summed E-state index contributed by atoms with van der Waals surface area (Å²) in [6.45, 7) is 31.8. The first-order valence-electron chi connectivity index (χ1n) is 17.7. The van der Waals surface area contributed by atoms with Gasteiger partial charge in [-0.2, -0.15) is 12.6 Å². The van der Waals surface area contributed by atoms with Crippen LogP contribution in [0.2, 0.25) is 0 Å². The molecule has 0 aliphatic heterocycles. The summed E-state index contributed by atoms with van der Waals surface area (Å²) < 4.78 is 26.4. The monoisotopic (exact) mass is 645 g/mol. The van der Waals surface area contributed by atoms with Gasteiger partial charge >= 0.3 is 0 Å². The third-order valence-corrected chi connectivity index (χ3v) is 9.92. The lowest BCUT2D eigenvalue weighted by Crippen LogP contribution is -2.47. The van der Waals surface area contributed by atoms with Crippen LogP contribution in [0, 0.1) is 16.7 Å². The number of thiol groups is 1. The predicted molar refractivity (Wildman–Crippen MR) is 197 cm³/mol. The maximum atomic E-state index is 6.88. The van der Waals surface area contributed by atoms with E-state index in [-0.39, 0.29) is 39.1 Å². The van der Waals surface area contributed by atoms with E-state index in [4.69, 9.17) is 43.0 Å². The van der Waals surface area contributed by atoms with Crippen LogP contribution < -0.4 is 11.5 Å². The van der Waals surface area contributed by atoms with Gasteiger partial charge in [0.15, 0.2) is 0 Å². The van der Waals surface area contributed by atoms with Crippen LogP contribution in [-0.4, -0.2) is 74.4 Å². The van der Waals surface area contributed by atoms with Crippen LogP contribution in [0.5, 0.6) is 0 Å². The predicted octanol–water partition coefficient (Wildman–Crippen LogP) is 7.54. The molecule has 0 saturated carbocycles. The van der Waals surface area contributed by atoms with Crippen LogP contribution in [0.25, 0.3) is 0 Å². The Morgan fingerprint density at radius 2 is 1.30 bits per heavy atom. The molecule has 0 bridgehead atoms. The van der Waals surface area contributed by atoms with Gasteiger partial charge in [0.05, 0.1) is 30.5 Å². The number of nitrogens with two attached hydrogens (primary N) is 2. The molecule has 0 amide bonds. The molecule has 264 valence electrons. The lowest BCUT2D eigenvalue weighted by Gasteiger charge is -2.45. The average molecular weight is 645 g/mol. The van der Waals surface area contributed by atoms with Crippen molar-refractivity contribution in [1.29, 1.82) is 0 Å². The molecule has 5 unspecified atom stereocenters. The fourth-order valence-corrected chi connectivity index (χ4v) is 6.57. The zero-order valence-electron chi connectivity index (χ0n) is 31.9. The fraction of sp³-hybridized carbons (Fsp3) is 1.00. The van der Waals surface area contributed by atoms with Crippen molar-refractivity contribution in [3.8, 4) is 0 Å². The van der Waals surface area contributed by atoms with Gasteiger partial charge in [-0.15, -0.1) is 0 Å². The summed E-state index contributed by atoms with van der Waals surface area (Å²) in [6.07, 6.45) is 8.42. The molecule has 5 atom stereocenters. The lowest BCUT2D eigenvalue weighted by molar-refractivity contribution is -0.140. The first-order chi connectivity index (χ1) is 19.9. The average Bonchev–Trinajstić information content (AvgIpc) is 2.85. The van der Waals surface area contributed by atoms with Gasteiger partial charge in [0.25, 0.3) is 0 Å². The van der Waals surface area contributed by atoms with Gasteiger partial charge in [-0.1, -0.05) is 41.5 Å². The normalized spacial score (nSPS) is 18.9. The molecule has 0 heterocycles. The molecule has 0 aromatic heterocycles. The molecule has 8 heteroatoms. The van der Waals surface area contributed by atoms with E-state index in [1.54, 1.807) is 0 Å². The third-order valence-electron chi connectivity index (χ3n) is 9.37. The Morgan fingerprint density at radius 1 is 0.750 bits per heavy atom. The molecule has 0 aliphatic rings. The molecule has 0 spiro atoms. The van der Waals surface area contributed by atoms with Crippen molar-refractivity contribution in [3.05, 3.63) is 0 Å². The molecule has 4 N–H and O–H groups in total. The van der Waals surface area contributed by atoms with E-state index in [1.165, 1.54) is 0 Å². The molecule has 0 fully saturated rings. The van der Waals surface area contributed by atoms with Gasteiger partial charge in [0.2, 0.25) is 0 Å². The van der Waals surface area contributed by atoms with Crippen molar-refractivity contribution in [1.82, 2.24) is 0 Å². The van der Waals surface area contributed by atoms with Crippen molar-refractivity contribution in [2.24, 2.45) is 28.2 Å². The van der Waals surface area contributed by atoms with Gasteiger partial charge in [0.1, 0.15) is 7.85 Å². The summed E-state index contributed by atoms with van der Waals surface area (Å²) in [5.41, 5.74) is 11.1. The smallest absolute Gasteiger partial charge is 0.126 e. The van der Waals surface area contributed by atoms with Crippen molar-refractivity contribution in [2.45, 2.75) is 181 Å². The number of hydrogen-bond acceptors (Lipinski definition) is 7. The molecule has 0 saturated heterocycles. The van der Waals surface area contributed by atoms with Crippen LogP contribution in [-0.2, 0) is 18.9 Å². The molecule has 44 heavy (non-hydrogen) atoms. The molecule has 0 aromatic rings. The van der Waals surface area contributed by atoms with E-state index >= 15 is 0 Å². The summed E-state index contributed by atoms with van der Waals surface area (Å²) in [5.74, 6) is 0.605. The highest BCUT2D eigenvalue weighted by Crippen LogP contribution is 2.43. The highest BCUT2D eigenvalue weighted by molar-refractivity contribution is 7.80. The van der Waals surface area contributed by atoms with Crippen molar-refractivity contribution < 1.29 is 18.9 Å². The minimum absolute atomic E-state index is 0.0313. The number of ether oxygens (including phenoxy) is 4. The maximum Gasteiger partial charge on any atom is 0.126 e. The van der Waals surface area contributed by atoms with Crippen LogP contribution in [0.3, 0.4) is 0 Å². The standard InChI is InChI=1S/C36H77BN2O4S/c1-14-30(44)23-35(15-2,24-32(9,10)42-21-18-31(7,8)38)26-40-27-36(16-3,29(6)41-20-17-28(4)5)25-33(11,12)43-22-19-34(13,37)39/h28-30,44H,14-27,37-39H2,1-13H3. The quantitative estimate of drug-likeness (QED) is 0.0666. The van der Waals surface area contributed by atoms with Crippen LogP contribution in [0.1, 0.15) is 148 Å². The summed E-state index contributed by atoms with van der Waals surface area (Å²) in [4.78, 5) is 0. The van der Waals surface area contributed by atoms with Gasteiger partial charge in [-0.3, -0.25) is 0 Å². The van der Waals surface area contributed by atoms with E-state index in [0.29, 0.717) is 37.6 Å². The molecule has 0 radical (unpaired) electrons. The second-order valence-corrected chi connectivity index (χ2v) is 17.8. The molecule has 0 aromatic carbocycles. The Balaban J connectivity index is 6.05. The van der Waals surface area contributed by atoms with Crippen molar-refractivity contribution in [3.63, 3.8) is 0 Å². The molecule has 0 aliphatic carbocycles. The third kappa shape index (κ3) is 19.1. The Hall–Kier alpha value is 0.175.